The van der Waals surface area contributed by atoms with Crippen molar-refractivity contribution >= 4 is 90.5 Å². The Bertz CT molecular complexity index is 1550. The lowest BCUT2D eigenvalue weighted by molar-refractivity contribution is -0.137. The third kappa shape index (κ3) is 8.86. The van der Waals surface area contributed by atoms with Gasteiger partial charge in [0.05, 0.1) is 12.8 Å². The molecule has 5 rings (SSSR count). The first kappa shape index (κ1) is 32.2. The maximum Gasteiger partial charge on any atom is 0.304 e. The molecule has 0 aliphatic heterocycles. The lowest BCUT2D eigenvalue weighted by atomic mass is 9.97. The monoisotopic (exact) mass is 606 g/mol. The molecule has 4 N–H and O–H groups in total. The van der Waals surface area contributed by atoms with Crippen molar-refractivity contribution in [2.45, 2.75) is 36.5 Å². The van der Waals surface area contributed by atoms with E-state index in [0.29, 0.717) is 11.5 Å². The fraction of sp³-hybridized carbons (Fsp3) is 0.188. The molecule has 0 unspecified atom stereocenters. The van der Waals surface area contributed by atoms with Crippen LogP contribution in [-0.4, -0.2) is 55.8 Å². The van der Waals surface area contributed by atoms with Gasteiger partial charge in [-0.05, 0) is 67.4 Å². The number of carbonyl (C=O) groups is 4. The first-order valence-corrected chi connectivity index (χ1v) is 14.8. The topological polar surface area (TPSA) is 149 Å². The van der Waals surface area contributed by atoms with Crippen molar-refractivity contribution in [1.82, 2.24) is 0 Å². The minimum atomic E-state index is -0.833. The van der Waals surface area contributed by atoms with Gasteiger partial charge in [0.25, 0.3) is 11.9 Å². The second-order valence-corrected chi connectivity index (χ2v) is 11.4. The largest absolute Gasteiger partial charge is 0.481 e. The summed E-state index contributed by atoms with van der Waals surface area (Å²) < 4.78 is 0. The summed E-state index contributed by atoms with van der Waals surface area (Å²) in [6.45, 7) is 2.17. The maximum absolute atomic E-state index is 11.2. The van der Waals surface area contributed by atoms with Crippen LogP contribution in [0.2, 0.25) is 0 Å². The number of aliphatic carboxylic acids is 4. The molecule has 0 atom stereocenters. The Labute approximate surface area is 250 Å². The second-order valence-electron chi connectivity index (χ2n) is 9.17. The van der Waals surface area contributed by atoms with Gasteiger partial charge in [0, 0.05) is 35.1 Å². The molecule has 0 saturated carbocycles. The molecule has 0 radical (unpaired) electrons. The van der Waals surface area contributed by atoms with Crippen LogP contribution in [-0.2, 0) is 19.2 Å². The van der Waals surface area contributed by atoms with Crippen molar-refractivity contribution in [3.63, 3.8) is 0 Å². The van der Waals surface area contributed by atoms with E-state index in [0.717, 1.165) is 66.7 Å². The van der Waals surface area contributed by atoms with E-state index in [-0.39, 0.29) is 12.8 Å². The Morgan fingerprint density at radius 3 is 0.976 bits per heavy atom. The number of hydrogen-bond acceptors (Lipinski definition) is 6. The zero-order valence-electron chi connectivity index (χ0n) is 23.0. The molecule has 5 aromatic carbocycles. The van der Waals surface area contributed by atoms with E-state index in [1.54, 1.807) is 23.5 Å². The van der Waals surface area contributed by atoms with Gasteiger partial charge < -0.3 is 20.4 Å². The number of hydrogen-bond donors (Lipinski definition) is 4. The summed E-state index contributed by atoms with van der Waals surface area (Å²) in [7, 11) is 0. The fourth-order valence-corrected chi connectivity index (χ4v) is 6.57. The van der Waals surface area contributed by atoms with E-state index in [1.807, 2.05) is 24.3 Å². The van der Waals surface area contributed by atoms with Crippen LogP contribution in [0, 0.1) is 0 Å². The normalized spacial score (nSPS) is 10.5. The van der Waals surface area contributed by atoms with Crippen LogP contribution in [0.15, 0.2) is 82.6 Å². The molecule has 0 spiro atoms. The minimum Gasteiger partial charge on any atom is -0.481 e. The molecule has 0 fully saturated rings. The summed E-state index contributed by atoms with van der Waals surface area (Å²) in [5, 5.41) is 42.1. The lowest BCUT2D eigenvalue weighted by Gasteiger charge is -2.18. The molecule has 5 aromatic rings. The Hall–Kier alpha value is -4.28. The van der Waals surface area contributed by atoms with Crippen molar-refractivity contribution < 1.29 is 39.6 Å². The molecular formula is C32H30O8S2. The van der Waals surface area contributed by atoms with E-state index in [4.69, 9.17) is 19.8 Å². The van der Waals surface area contributed by atoms with Gasteiger partial charge in [0.2, 0.25) is 0 Å². The van der Waals surface area contributed by atoms with Crippen molar-refractivity contribution in [3.8, 4) is 0 Å². The molecular weight excluding hydrogens is 576 g/mol. The summed E-state index contributed by atoms with van der Waals surface area (Å²) in [5.41, 5.74) is 0. The average molecular weight is 607 g/mol. The van der Waals surface area contributed by atoms with Crippen LogP contribution in [0.25, 0.3) is 43.1 Å². The molecule has 0 aromatic heterocycles. The highest BCUT2D eigenvalue weighted by Gasteiger charge is 2.17. The van der Waals surface area contributed by atoms with Gasteiger partial charge in [-0.15, -0.1) is 23.5 Å². The summed E-state index contributed by atoms with van der Waals surface area (Å²) in [6, 6.07) is 25.1. The maximum atomic E-state index is 11.2. The summed E-state index contributed by atoms with van der Waals surface area (Å²) in [5.74, 6) is -2.33. The van der Waals surface area contributed by atoms with Crippen LogP contribution in [0.1, 0.15) is 26.7 Å². The highest BCUT2D eigenvalue weighted by molar-refractivity contribution is 8.00. The molecule has 0 saturated heterocycles. The van der Waals surface area contributed by atoms with Crippen LogP contribution < -0.4 is 0 Å². The molecule has 0 aliphatic rings. The Kier molecular flexibility index (Phi) is 11.6. The van der Waals surface area contributed by atoms with Gasteiger partial charge in [-0.2, -0.15) is 0 Å². The number of carboxylic acid groups (broad SMARTS) is 4. The highest BCUT2D eigenvalue weighted by atomic mass is 32.2. The second kappa shape index (κ2) is 15.1. The molecule has 0 aliphatic carbocycles. The fourth-order valence-electron chi connectivity index (χ4n) is 4.31. The molecule has 0 heterocycles. The minimum absolute atomic E-state index is 0.0872. The van der Waals surface area contributed by atoms with Crippen LogP contribution in [0.5, 0.6) is 0 Å². The van der Waals surface area contributed by atoms with Crippen molar-refractivity contribution in [1.29, 1.82) is 0 Å². The lowest BCUT2D eigenvalue weighted by Crippen LogP contribution is -1.98. The van der Waals surface area contributed by atoms with Gasteiger partial charge in [-0.3, -0.25) is 19.2 Å². The molecule has 0 bridgehead atoms. The third-order valence-corrected chi connectivity index (χ3v) is 8.15. The van der Waals surface area contributed by atoms with Gasteiger partial charge in [-0.25, -0.2) is 0 Å². The van der Waals surface area contributed by atoms with Gasteiger partial charge in [-0.1, -0.05) is 48.5 Å². The van der Waals surface area contributed by atoms with Crippen molar-refractivity contribution in [2.75, 3.05) is 11.5 Å². The number of benzene rings is 5. The molecule has 42 heavy (non-hydrogen) atoms. The quantitative estimate of drug-likeness (QED) is 0.103. The average Bonchev–Trinajstić information content (AvgIpc) is 2.91. The predicted octanol–water partition coefficient (Wildman–Crippen LogP) is 7.61. The summed E-state index contributed by atoms with van der Waals surface area (Å²) in [6.07, 6.45) is 0.174. The van der Waals surface area contributed by atoms with Gasteiger partial charge >= 0.3 is 11.9 Å². The first-order chi connectivity index (χ1) is 20.0. The third-order valence-electron chi connectivity index (χ3n) is 5.87. The first-order valence-electron chi connectivity index (χ1n) is 12.9. The van der Waals surface area contributed by atoms with Crippen molar-refractivity contribution in [2.24, 2.45) is 0 Å². The molecule has 0 amide bonds. The van der Waals surface area contributed by atoms with E-state index in [1.165, 1.54) is 0 Å². The standard InChI is InChI=1S/C28H22O4S2.2C2H4O2/c29-25(30)9-11-33-27-21-13-17-5-1-2-6-18(17)14-22(21)28(34-12-10-26(31)32)24-16-20-8-4-3-7-19(20)15-23(24)27;2*1-2(3)4/h1-8,13-16H,9-12H2,(H,29,30)(H,31,32);2*1H3,(H,3,4). The molecule has 218 valence electrons. The SMILES string of the molecule is CC(=O)O.CC(=O)O.O=C(O)CCSc1c2cc3ccccc3cc2c(SCCC(=O)O)c2cc3ccccc3cc12. The summed E-state index contributed by atoms with van der Waals surface area (Å²) in [4.78, 5) is 42.6. The van der Waals surface area contributed by atoms with Crippen LogP contribution in [0.4, 0.5) is 0 Å². The zero-order valence-corrected chi connectivity index (χ0v) is 24.6. The Balaban J connectivity index is 0.000000540. The smallest absolute Gasteiger partial charge is 0.304 e. The molecule has 10 heteroatoms. The number of thioether (sulfide) groups is 2. The van der Waals surface area contributed by atoms with E-state index < -0.39 is 23.9 Å². The van der Waals surface area contributed by atoms with E-state index in [9.17, 15) is 19.8 Å². The Morgan fingerprint density at radius 2 is 0.762 bits per heavy atom. The van der Waals surface area contributed by atoms with Gasteiger partial charge in [0.1, 0.15) is 0 Å². The van der Waals surface area contributed by atoms with E-state index >= 15 is 0 Å². The Morgan fingerprint density at radius 1 is 0.524 bits per heavy atom. The number of carboxylic acids is 4. The van der Waals surface area contributed by atoms with E-state index in [2.05, 4.69) is 48.5 Å². The predicted molar refractivity (Wildman–Crippen MR) is 169 cm³/mol. The summed E-state index contributed by atoms with van der Waals surface area (Å²) >= 11 is 3.16. The van der Waals surface area contributed by atoms with Crippen LogP contribution >= 0.6 is 23.5 Å². The van der Waals surface area contributed by atoms with Crippen molar-refractivity contribution in [3.05, 3.63) is 72.8 Å². The van der Waals surface area contributed by atoms with Crippen LogP contribution in [0.3, 0.4) is 0 Å². The zero-order chi connectivity index (χ0) is 30.8. The highest BCUT2D eigenvalue weighted by Crippen LogP contribution is 2.45. The number of fused-ring (bicyclic) bond motifs is 4. The number of rotatable bonds is 8. The van der Waals surface area contributed by atoms with Gasteiger partial charge in [0.15, 0.2) is 0 Å². The molecule has 8 nitrogen and oxygen atoms in total.